The predicted octanol–water partition coefficient (Wildman–Crippen LogP) is 3.96. The highest BCUT2D eigenvalue weighted by molar-refractivity contribution is 5.97. The fourth-order valence-corrected chi connectivity index (χ4v) is 4.91. The van der Waals surface area contributed by atoms with E-state index in [1.807, 2.05) is 49.1 Å². The number of carbonyl (C=O) groups excluding carboxylic acids is 1. The number of aryl methyl sites for hydroxylation is 2. The summed E-state index contributed by atoms with van der Waals surface area (Å²) in [5.74, 6) is 0.920. The standard InChI is InChI=1S/C25H27N3O3/c1-16-17(2)27-21-15-19(7-8-20(21)26-16)24(29)28-12-10-25(11-13-28)23-18(9-14-31-25)5-4-6-22(23)30-3/h4-8,15H,9-14H2,1-3H3. The number of methoxy groups -OCH3 is 1. The van der Waals surface area contributed by atoms with Gasteiger partial charge in [-0.05, 0) is 62.9 Å². The summed E-state index contributed by atoms with van der Waals surface area (Å²) in [6.45, 7) is 5.89. The zero-order valence-corrected chi connectivity index (χ0v) is 18.3. The molecule has 0 unspecified atom stereocenters. The monoisotopic (exact) mass is 417 g/mol. The van der Waals surface area contributed by atoms with Gasteiger partial charge in [-0.2, -0.15) is 0 Å². The minimum Gasteiger partial charge on any atom is -0.496 e. The van der Waals surface area contributed by atoms with Gasteiger partial charge in [0.05, 0.1) is 36.1 Å². The van der Waals surface area contributed by atoms with E-state index < -0.39 is 0 Å². The van der Waals surface area contributed by atoms with Crippen LogP contribution in [-0.4, -0.2) is 47.6 Å². The molecule has 1 spiro atoms. The third-order valence-corrected chi connectivity index (χ3v) is 6.72. The minimum atomic E-state index is -0.375. The first-order valence-electron chi connectivity index (χ1n) is 10.9. The van der Waals surface area contributed by atoms with E-state index in [1.165, 1.54) is 11.1 Å². The maximum atomic E-state index is 13.2. The number of rotatable bonds is 2. The first-order chi connectivity index (χ1) is 15.0. The maximum absolute atomic E-state index is 13.2. The zero-order valence-electron chi connectivity index (χ0n) is 18.3. The van der Waals surface area contributed by atoms with E-state index in [1.54, 1.807) is 7.11 Å². The molecule has 0 N–H and O–H groups in total. The molecule has 0 bridgehead atoms. The fraction of sp³-hybridized carbons (Fsp3) is 0.400. The summed E-state index contributed by atoms with van der Waals surface area (Å²) in [5.41, 5.74) is 6.12. The number of ether oxygens (including phenoxy) is 2. The van der Waals surface area contributed by atoms with Gasteiger partial charge in [0.1, 0.15) is 11.4 Å². The summed E-state index contributed by atoms with van der Waals surface area (Å²) >= 11 is 0. The Bertz CT molecular complexity index is 1150. The van der Waals surface area contributed by atoms with Crippen molar-refractivity contribution in [1.29, 1.82) is 0 Å². The van der Waals surface area contributed by atoms with Gasteiger partial charge in [-0.25, -0.2) is 9.97 Å². The van der Waals surface area contributed by atoms with Crippen LogP contribution in [0.1, 0.15) is 45.7 Å². The second-order valence-electron chi connectivity index (χ2n) is 8.48. The molecule has 1 amide bonds. The Kier molecular flexibility index (Phi) is 4.89. The van der Waals surface area contributed by atoms with Gasteiger partial charge in [-0.3, -0.25) is 4.79 Å². The number of carbonyl (C=O) groups is 1. The van der Waals surface area contributed by atoms with E-state index in [4.69, 9.17) is 9.47 Å². The van der Waals surface area contributed by atoms with Gasteiger partial charge >= 0.3 is 0 Å². The van der Waals surface area contributed by atoms with Crippen LogP contribution in [0.3, 0.4) is 0 Å². The first-order valence-corrected chi connectivity index (χ1v) is 10.9. The van der Waals surface area contributed by atoms with Crippen molar-refractivity contribution in [2.45, 2.75) is 38.7 Å². The molecule has 0 aliphatic carbocycles. The molecule has 3 heterocycles. The molecule has 5 rings (SSSR count). The van der Waals surface area contributed by atoms with Crippen LogP contribution >= 0.6 is 0 Å². The largest absolute Gasteiger partial charge is 0.496 e. The molecule has 0 saturated carbocycles. The van der Waals surface area contributed by atoms with E-state index in [0.29, 0.717) is 25.3 Å². The molecule has 2 aliphatic rings. The van der Waals surface area contributed by atoms with Crippen LogP contribution in [0, 0.1) is 13.8 Å². The van der Waals surface area contributed by atoms with Crippen LogP contribution in [0.5, 0.6) is 5.75 Å². The quantitative estimate of drug-likeness (QED) is 0.632. The Morgan fingerprint density at radius 1 is 1.06 bits per heavy atom. The van der Waals surface area contributed by atoms with Gasteiger partial charge in [-0.15, -0.1) is 0 Å². The fourth-order valence-electron chi connectivity index (χ4n) is 4.91. The average molecular weight is 418 g/mol. The summed E-state index contributed by atoms with van der Waals surface area (Å²) in [5, 5.41) is 0. The molecular formula is C25H27N3O3. The molecule has 2 aromatic carbocycles. The minimum absolute atomic E-state index is 0.0350. The van der Waals surface area contributed by atoms with Crippen LogP contribution in [0.25, 0.3) is 11.0 Å². The Morgan fingerprint density at radius 2 is 1.81 bits per heavy atom. The number of benzene rings is 2. The van der Waals surface area contributed by atoms with Crippen molar-refractivity contribution in [2.75, 3.05) is 26.8 Å². The summed E-state index contributed by atoms with van der Waals surface area (Å²) in [6, 6.07) is 11.8. The van der Waals surface area contributed by atoms with Crippen molar-refractivity contribution >= 4 is 16.9 Å². The predicted molar refractivity (Wildman–Crippen MR) is 118 cm³/mol. The molecule has 1 aromatic heterocycles. The van der Waals surface area contributed by atoms with Crippen LogP contribution in [0.4, 0.5) is 0 Å². The lowest BCUT2D eigenvalue weighted by atomic mass is 9.78. The second kappa shape index (κ2) is 7.61. The SMILES string of the molecule is COc1cccc2c1C1(CCN(C(=O)c3ccc4nc(C)c(C)nc4c3)CC1)OCC2. The van der Waals surface area contributed by atoms with Crippen LogP contribution in [0.2, 0.25) is 0 Å². The molecule has 6 heteroatoms. The summed E-state index contributed by atoms with van der Waals surface area (Å²) in [4.78, 5) is 24.3. The third-order valence-electron chi connectivity index (χ3n) is 6.72. The lowest BCUT2D eigenvalue weighted by molar-refractivity contribution is -0.0946. The molecule has 3 aromatic rings. The molecule has 31 heavy (non-hydrogen) atoms. The van der Waals surface area contributed by atoms with Crippen LogP contribution in [0.15, 0.2) is 36.4 Å². The Hall–Kier alpha value is -2.99. The number of piperidine rings is 1. The number of likely N-dealkylation sites (tertiary alicyclic amines) is 1. The van der Waals surface area contributed by atoms with Gasteiger partial charge in [-0.1, -0.05) is 12.1 Å². The van der Waals surface area contributed by atoms with Gasteiger partial charge in [0, 0.05) is 24.2 Å². The van der Waals surface area contributed by atoms with Crippen LogP contribution in [-0.2, 0) is 16.8 Å². The summed E-state index contributed by atoms with van der Waals surface area (Å²) in [6.07, 6.45) is 2.42. The van der Waals surface area contributed by atoms with Crippen molar-refractivity contribution in [2.24, 2.45) is 0 Å². The van der Waals surface area contributed by atoms with Crippen molar-refractivity contribution in [3.8, 4) is 5.75 Å². The summed E-state index contributed by atoms with van der Waals surface area (Å²) in [7, 11) is 1.71. The first kappa shape index (κ1) is 19.9. The maximum Gasteiger partial charge on any atom is 0.253 e. The molecule has 2 aliphatic heterocycles. The molecule has 0 atom stereocenters. The molecule has 6 nitrogen and oxygen atoms in total. The number of hydrogen-bond acceptors (Lipinski definition) is 5. The average Bonchev–Trinajstić information content (AvgIpc) is 2.79. The van der Waals surface area contributed by atoms with E-state index >= 15 is 0 Å². The van der Waals surface area contributed by atoms with Gasteiger partial charge < -0.3 is 14.4 Å². The molecule has 160 valence electrons. The number of hydrogen-bond donors (Lipinski definition) is 0. The lowest BCUT2D eigenvalue weighted by Crippen LogP contribution is -2.48. The van der Waals surface area contributed by atoms with Gasteiger partial charge in [0.2, 0.25) is 0 Å². The smallest absolute Gasteiger partial charge is 0.253 e. The zero-order chi connectivity index (χ0) is 21.6. The van der Waals surface area contributed by atoms with Crippen molar-refractivity contribution in [3.63, 3.8) is 0 Å². The molecule has 0 radical (unpaired) electrons. The highest BCUT2D eigenvalue weighted by atomic mass is 16.5. The second-order valence-corrected chi connectivity index (χ2v) is 8.48. The van der Waals surface area contributed by atoms with E-state index in [9.17, 15) is 4.79 Å². The normalized spacial score (nSPS) is 17.6. The van der Waals surface area contributed by atoms with E-state index in [0.717, 1.165) is 47.4 Å². The van der Waals surface area contributed by atoms with Gasteiger partial charge in [0.25, 0.3) is 5.91 Å². The number of aromatic nitrogens is 2. The summed E-state index contributed by atoms with van der Waals surface area (Å²) < 4.78 is 12.0. The number of fused-ring (bicyclic) bond motifs is 3. The lowest BCUT2D eigenvalue weighted by Gasteiger charge is -2.45. The number of amides is 1. The molecular weight excluding hydrogens is 390 g/mol. The van der Waals surface area contributed by atoms with Gasteiger partial charge in [0.15, 0.2) is 0 Å². The molecule has 1 saturated heterocycles. The Morgan fingerprint density at radius 3 is 2.55 bits per heavy atom. The van der Waals surface area contributed by atoms with Crippen molar-refractivity contribution < 1.29 is 14.3 Å². The Balaban J connectivity index is 1.39. The third kappa shape index (κ3) is 3.35. The Labute approximate surface area is 182 Å². The number of nitrogens with zero attached hydrogens (tertiary/aromatic N) is 3. The van der Waals surface area contributed by atoms with Crippen molar-refractivity contribution in [1.82, 2.24) is 14.9 Å². The van der Waals surface area contributed by atoms with Crippen LogP contribution < -0.4 is 4.74 Å². The topological polar surface area (TPSA) is 64.5 Å². The van der Waals surface area contributed by atoms with E-state index in [-0.39, 0.29) is 11.5 Å². The van der Waals surface area contributed by atoms with Crippen molar-refractivity contribution in [3.05, 3.63) is 64.5 Å². The highest BCUT2D eigenvalue weighted by Crippen LogP contribution is 2.45. The van der Waals surface area contributed by atoms with E-state index in [2.05, 4.69) is 16.0 Å². The molecule has 1 fully saturated rings. The highest BCUT2D eigenvalue weighted by Gasteiger charge is 2.43.